The minimum absolute atomic E-state index is 0.0430. The number of amides is 1. The minimum atomic E-state index is -0.802. The van der Waals surface area contributed by atoms with E-state index in [4.69, 9.17) is 5.11 Å². The monoisotopic (exact) mass is 387 g/mol. The van der Waals surface area contributed by atoms with Crippen molar-refractivity contribution in [3.05, 3.63) is 46.7 Å². The Morgan fingerprint density at radius 3 is 2.59 bits per heavy atom. The van der Waals surface area contributed by atoms with E-state index in [-0.39, 0.29) is 23.7 Å². The highest BCUT2D eigenvalue weighted by molar-refractivity contribution is 7.20. The van der Waals surface area contributed by atoms with Gasteiger partial charge in [-0.15, -0.1) is 11.3 Å². The van der Waals surface area contributed by atoms with Gasteiger partial charge in [-0.1, -0.05) is 0 Å². The van der Waals surface area contributed by atoms with Crippen LogP contribution in [0.3, 0.4) is 0 Å². The summed E-state index contributed by atoms with van der Waals surface area (Å²) in [7, 11) is 1.72. The Morgan fingerprint density at radius 1 is 1.30 bits per heavy atom. The lowest BCUT2D eigenvalue weighted by molar-refractivity contribution is -0.146. The average molecular weight is 387 g/mol. The van der Waals surface area contributed by atoms with Crippen LogP contribution in [0.2, 0.25) is 0 Å². The molecule has 0 spiro atoms. The number of carboxylic acid groups (broad SMARTS) is 1. The summed E-state index contributed by atoms with van der Waals surface area (Å²) in [6, 6.07) is 7.83. The Morgan fingerprint density at radius 2 is 1.96 bits per heavy atom. The molecule has 0 bridgehead atoms. The van der Waals surface area contributed by atoms with Gasteiger partial charge in [-0.2, -0.15) is 5.10 Å². The average Bonchev–Trinajstić information content (AvgIpc) is 3.14. The Bertz CT molecular complexity index is 1030. The van der Waals surface area contributed by atoms with Crippen LogP contribution in [0.25, 0.3) is 15.9 Å². The van der Waals surface area contributed by atoms with Gasteiger partial charge in [0.15, 0.2) is 0 Å². The summed E-state index contributed by atoms with van der Waals surface area (Å²) >= 11 is 1.34. The van der Waals surface area contributed by atoms with E-state index in [9.17, 15) is 14.0 Å². The largest absolute Gasteiger partial charge is 0.481 e. The fourth-order valence-electron chi connectivity index (χ4n) is 3.36. The Hall–Kier alpha value is -2.74. The summed E-state index contributed by atoms with van der Waals surface area (Å²) in [6.07, 6.45) is 0.982. The van der Waals surface area contributed by atoms with Crippen LogP contribution in [0.5, 0.6) is 0 Å². The highest BCUT2D eigenvalue weighted by Crippen LogP contribution is 2.35. The van der Waals surface area contributed by atoms with Crippen LogP contribution >= 0.6 is 11.3 Å². The molecule has 0 radical (unpaired) electrons. The molecule has 3 aromatic rings. The summed E-state index contributed by atoms with van der Waals surface area (Å²) in [4.78, 5) is 26.9. The Labute approximate surface area is 158 Å². The lowest BCUT2D eigenvalue weighted by Crippen LogP contribution is -2.47. The summed E-state index contributed by atoms with van der Waals surface area (Å²) in [5.74, 6) is -1.59. The number of benzene rings is 1. The molecule has 0 aliphatic heterocycles. The van der Waals surface area contributed by atoms with Gasteiger partial charge in [-0.05, 0) is 50.1 Å². The molecule has 1 amide bonds. The number of carbonyl (C=O) groups excluding carboxylic acids is 1. The van der Waals surface area contributed by atoms with E-state index in [0.717, 1.165) is 21.6 Å². The zero-order valence-electron chi connectivity index (χ0n) is 14.8. The summed E-state index contributed by atoms with van der Waals surface area (Å²) < 4.78 is 14.9. The number of aryl methyl sites for hydroxylation is 1. The fourth-order valence-corrected chi connectivity index (χ4v) is 4.52. The molecule has 1 N–H and O–H groups in total. The number of hydrogen-bond acceptors (Lipinski definition) is 4. The summed E-state index contributed by atoms with van der Waals surface area (Å²) in [6.45, 7) is 1.87. The first-order valence-electron chi connectivity index (χ1n) is 8.60. The number of fused-ring (bicyclic) bond motifs is 1. The number of aromatic nitrogens is 2. The first-order chi connectivity index (χ1) is 12.8. The third-order valence-corrected chi connectivity index (χ3v) is 6.26. The van der Waals surface area contributed by atoms with Crippen molar-refractivity contribution in [2.45, 2.75) is 25.8 Å². The van der Waals surface area contributed by atoms with Gasteiger partial charge in [0.2, 0.25) is 0 Å². The quantitative estimate of drug-likeness (QED) is 0.744. The predicted octanol–water partition coefficient (Wildman–Crippen LogP) is 3.47. The van der Waals surface area contributed by atoms with E-state index in [1.807, 2.05) is 13.0 Å². The number of hydrogen-bond donors (Lipinski definition) is 1. The van der Waals surface area contributed by atoms with Gasteiger partial charge >= 0.3 is 5.97 Å². The molecule has 1 aromatic carbocycles. The van der Waals surface area contributed by atoms with Crippen molar-refractivity contribution in [2.75, 3.05) is 7.05 Å². The van der Waals surface area contributed by atoms with Crippen LogP contribution < -0.4 is 0 Å². The number of halogens is 1. The summed E-state index contributed by atoms with van der Waals surface area (Å²) in [5, 5.41) is 14.4. The van der Waals surface area contributed by atoms with Gasteiger partial charge in [-0.3, -0.25) is 9.59 Å². The number of nitrogens with zero attached hydrogens (tertiary/aromatic N) is 3. The number of carboxylic acids is 1. The van der Waals surface area contributed by atoms with Crippen molar-refractivity contribution in [3.8, 4) is 5.69 Å². The molecule has 1 fully saturated rings. The van der Waals surface area contributed by atoms with Crippen LogP contribution in [0, 0.1) is 18.7 Å². The van der Waals surface area contributed by atoms with E-state index in [1.165, 1.54) is 23.5 Å². The van der Waals surface area contributed by atoms with Crippen molar-refractivity contribution in [3.63, 3.8) is 0 Å². The van der Waals surface area contributed by atoms with Crippen LogP contribution in [0.1, 0.15) is 28.2 Å². The van der Waals surface area contributed by atoms with Gasteiger partial charge < -0.3 is 10.0 Å². The van der Waals surface area contributed by atoms with Crippen molar-refractivity contribution in [2.24, 2.45) is 5.92 Å². The zero-order chi connectivity index (χ0) is 19.3. The zero-order valence-corrected chi connectivity index (χ0v) is 15.7. The van der Waals surface area contributed by atoms with E-state index in [2.05, 4.69) is 5.10 Å². The topological polar surface area (TPSA) is 75.4 Å². The molecule has 2 aromatic heterocycles. The molecule has 8 heteroatoms. The minimum Gasteiger partial charge on any atom is -0.481 e. The fraction of sp³-hybridized carbons (Fsp3) is 0.316. The molecule has 0 saturated heterocycles. The van der Waals surface area contributed by atoms with E-state index < -0.39 is 5.97 Å². The molecule has 0 atom stereocenters. The van der Waals surface area contributed by atoms with Crippen LogP contribution in [0.15, 0.2) is 30.3 Å². The molecular weight excluding hydrogens is 369 g/mol. The van der Waals surface area contributed by atoms with E-state index in [0.29, 0.717) is 17.7 Å². The van der Waals surface area contributed by atoms with Gasteiger partial charge in [0, 0.05) is 18.5 Å². The standard InChI is InChI=1S/C19H18FN3O3S/c1-10-15-9-16(17(24)22(2)14-7-11(8-14)19(25)26)27-18(15)23(21-10)13-5-3-12(20)4-6-13/h3-6,9,11,14H,7-8H2,1-2H3,(H,25,26). The molecule has 140 valence electrons. The molecule has 1 aliphatic carbocycles. The lowest BCUT2D eigenvalue weighted by atomic mass is 9.79. The molecule has 4 rings (SSSR count). The highest BCUT2D eigenvalue weighted by Gasteiger charge is 2.38. The maximum atomic E-state index is 13.2. The number of thiophene rings is 1. The van der Waals surface area contributed by atoms with E-state index in [1.54, 1.807) is 28.8 Å². The second-order valence-electron chi connectivity index (χ2n) is 6.88. The number of aliphatic carboxylic acids is 1. The summed E-state index contributed by atoms with van der Waals surface area (Å²) in [5.41, 5.74) is 1.52. The smallest absolute Gasteiger partial charge is 0.306 e. The third-order valence-electron chi connectivity index (χ3n) is 5.16. The van der Waals surface area contributed by atoms with Gasteiger partial charge in [0.1, 0.15) is 10.6 Å². The van der Waals surface area contributed by atoms with Crippen molar-refractivity contribution in [1.82, 2.24) is 14.7 Å². The van der Waals surface area contributed by atoms with E-state index >= 15 is 0 Å². The second-order valence-corrected chi connectivity index (χ2v) is 7.91. The highest BCUT2D eigenvalue weighted by atomic mass is 32.1. The lowest BCUT2D eigenvalue weighted by Gasteiger charge is -2.38. The van der Waals surface area contributed by atoms with Crippen LogP contribution in [-0.4, -0.2) is 44.8 Å². The van der Waals surface area contributed by atoms with Crippen molar-refractivity contribution >= 4 is 33.4 Å². The first kappa shape index (κ1) is 17.7. The molecule has 0 unspecified atom stereocenters. The molecular formula is C19H18FN3O3S. The normalized spacial score (nSPS) is 19.1. The predicted molar refractivity (Wildman–Crippen MR) is 99.9 cm³/mol. The SMILES string of the molecule is Cc1nn(-c2ccc(F)cc2)c2sc(C(=O)N(C)C3CC(C(=O)O)C3)cc12. The third kappa shape index (κ3) is 2.99. The maximum absolute atomic E-state index is 13.2. The molecule has 27 heavy (non-hydrogen) atoms. The maximum Gasteiger partial charge on any atom is 0.306 e. The van der Waals surface area contributed by atoms with Crippen LogP contribution in [-0.2, 0) is 4.79 Å². The molecule has 1 aliphatic rings. The van der Waals surface area contributed by atoms with Gasteiger partial charge in [0.05, 0.1) is 22.2 Å². The molecule has 6 nitrogen and oxygen atoms in total. The Kier molecular flexibility index (Phi) is 4.22. The van der Waals surface area contributed by atoms with Crippen molar-refractivity contribution in [1.29, 1.82) is 0 Å². The van der Waals surface area contributed by atoms with Gasteiger partial charge in [-0.25, -0.2) is 9.07 Å². The number of rotatable bonds is 4. The Balaban J connectivity index is 1.62. The number of carbonyl (C=O) groups is 2. The first-order valence-corrected chi connectivity index (χ1v) is 9.42. The molecule has 1 saturated carbocycles. The second kappa shape index (κ2) is 6.45. The van der Waals surface area contributed by atoms with Crippen molar-refractivity contribution < 1.29 is 19.1 Å². The molecule has 2 heterocycles. The van der Waals surface area contributed by atoms with Gasteiger partial charge in [0.25, 0.3) is 5.91 Å². The van der Waals surface area contributed by atoms with Crippen LogP contribution in [0.4, 0.5) is 4.39 Å².